The maximum atomic E-state index is 13.6. The first kappa shape index (κ1) is 37.3. The van der Waals surface area contributed by atoms with Gasteiger partial charge in [-0.25, -0.2) is 26.4 Å². The molecule has 5 aromatic rings. The summed E-state index contributed by atoms with van der Waals surface area (Å²) in [6.07, 6.45) is 7.65. The lowest BCUT2D eigenvalue weighted by Crippen LogP contribution is -2.34. The van der Waals surface area contributed by atoms with Crippen LogP contribution in [0.4, 0.5) is 4.79 Å². The van der Waals surface area contributed by atoms with E-state index >= 15 is 0 Å². The van der Waals surface area contributed by atoms with Crippen molar-refractivity contribution in [2.24, 2.45) is 0 Å². The molecule has 5 rings (SSSR count). The number of hydrogen-bond acceptors (Lipinski definition) is 9. The number of fused-ring (bicyclic) bond motifs is 1. The van der Waals surface area contributed by atoms with Crippen LogP contribution in [-0.4, -0.2) is 76.0 Å². The quantitative estimate of drug-likeness (QED) is 0.0950. The predicted molar refractivity (Wildman–Crippen MR) is 195 cm³/mol. The molecule has 11 nitrogen and oxygen atoms in total. The highest BCUT2D eigenvalue weighted by Gasteiger charge is 2.23. The Labute approximate surface area is 298 Å². The first-order chi connectivity index (χ1) is 24.3. The van der Waals surface area contributed by atoms with E-state index in [0.717, 1.165) is 42.5 Å². The van der Waals surface area contributed by atoms with Gasteiger partial charge >= 0.3 is 12.1 Å². The minimum atomic E-state index is -3.79. The normalized spacial score (nSPS) is 11.7. The second kappa shape index (κ2) is 16.3. The molecule has 0 saturated carbocycles. The smallest absolute Gasteiger partial charge is 0.410 e. The van der Waals surface area contributed by atoms with E-state index in [2.05, 4.69) is 9.97 Å². The molecule has 0 spiro atoms. The lowest BCUT2D eigenvalue weighted by atomic mass is 10.0. The van der Waals surface area contributed by atoms with Crippen molar-refractivity contribution in [2.45, 2.75) is 49.0 Å². The van der Waals surface area contributed by atoms with Gasteiger partial charge in [-0.1, -0.05) is 30.3 Å². The summed E-state index contributed by atoms with van der Waals surface area (Å²) < 4.78 is 61.7. The lowest BCUT2D eigenvalue weighted by molar-refractivity contribution is 0.0526. The van der Waals surface area contributed by atoms with Crippen molar-refractivity contribution in [3.63, 3.8) is 0 Å². The summed E-state index contributed by atoms with van der Waals surface area (Å²) in [4.78, 5) is 35.0. The number of carbonyl (C=O) groups excluding carboxylic acids is 2. The summed E-state index contributed by atoms with van der Waals surface area (Å²) in [5.74, 6) is -0.508. The second-order valence-electron chi connectivity index (χ2n) is 12.3. The van der Waals surface area contributed by atoms with E-state index in [4.69, 9.17) is 9.47 Å². The van der Waals surface area contributed by atoms with E-state index in [1.165, 1.54) is 12.1 Å². The summed E-state index contributed by atoms with van der Waals surface area (Å²) in [7, 11) is -7.59. The molecule has 3 aromatic carbocycles. The molecule has 0 aliphatic rings. The van der Waals surface area contributed by atoms with Crippen LogP contribution >= 0.6 is 0 Å². The van der Waals surface area contributed by atoms with Crippen LogP contribution < -0.4 is 0 Å². The van der Waals surface area contributed by atoms with Gasteiger partial charge in [0.1, 0.15) is 6.61 Å². The van der Waals surface area contributed by atoms with E-state index in [-0.39, 0.29) is 36.0 Å². The number of aromatic nitrogens is 2. The highest BCUT2D eigenvalue weighted by Crippen LogP contribution is 2.34. The Morgan fingerprint density at radius 2 is 1.45 bits per heavy atom. The number of nitrogens with one attached hydrogen (secondary N) is 1. The third-order valence-corrected chi connectivity index (χ3v) is 10.6. The minimum absolute atomic E-state index is 0.0982. The summed E-state index contributed by atoms with van der Waals surface area (Å²) in [6, 6.07) is 22.3. The largest absolute Gasteiger partial charge is 0.462 e. The molecule has 0 aliphatic carbocycles. The fourth-order valence-electron chi connectivity index (χ4n) is 5.77. The number of H-pyrrole nitrogens is 1. The molecule has 0 aliphatic heterocycles. The average molecular weight is 732 g/mol. The Kier molecular flexibility index (Phi) is 11.9. The van der Waals surface area contributed by atoms with E-state index < -0.39 is 31.7 Å². The number of aryl methyl sites for hydroxylation is 1. The molecule has 268 valence electrons. The highest BCUT2D eigenvalue weighted by atomic mass is 32.2. The van der Waals surface area contributed by atoms with Gasteiger partial charge in [0.2, 0.25) is 0 Å². The summed E-state index contributed by atoms with van der Waals surface area (Å²) in [6.45, 7) is 2.63. The number of benzene rings is 3. The predicted octanol–water partition coefficient (Wildman–Crippen LogP) is 6.42. The molecule has 0 radical (unpaired) electrons. The van der Waals surface area contributed by atoms with Gasteiger partial charge < -0.3 is 19.4 Å². The van der Waals surface area contributed by atoms with Gasteiger partial charge in [0.25, 0.3) is 0 Å². The number of pyridine rings is 1. The highest BCUT2D eigenvalue weighted by molar-refractivity contribution is 7.91. The average Bonchev–Trinajstić information content (AvgIpc) is 3.48. The molecule has 0 unspecified atom stereocenters. The van der Waals surface area contributed by atoms with Crippen molar-refractivity contribution >= 4 is 42.6 Å². The number of rotatable bonds is 15. The first-order valence-electron chi connectivity index (χ1n) is 16.6. The van der Waals surface area contributed by atoms with Crippen molar-refractivity contribution in [3.05, 3.63) is 114 Å². The molecule has 2 heterocycles. The summed E-state index contributed by atoms with van der Waals surface area (Å²) in [5.41, 5.74) is 4.41. The van der Waals surface area contributed by atoms with Crippen molar-refractivity contribution in [3.8, 4) is 11.3 Å². The van der Waals surface area contributed by atoms with E-state index in [1.54, 1.807) is 42.4 Å². The number of hydrogen-bond donors (Lipinski definition) is 1. The van der Waals surface area contributed by atoms with Crippen LogP contribution in [0.25, 0.3) is 22.2 Å². The van der Waals surface area contributed by atoms with Crippen LogP contribution in [0.15, 0.2) is 101 Å². The van der Waals surface area contributed by atoms with Crippen LogP contribution in [-0.2, 0) is 48.6 Å². The maximum absolute atomic E-state index is 13.6. The molecule has 0 atom stereocenters. The summed E-state index contributed by atoms with van der Waals surface area (Å²) >= 11 is 0. The zero-order valence-electron chi connectivity index (χ0n) is 28.8. The van der Waals surface area contributed by atoms with Crippen molar-refractivity contribution in [1.82, 2.24) is 14.9 Å². The molecule has 0 saturated heterocycles. The first-order valence-corrected chi connectivity index (χ1v) is 20.3. The molecule has 1 amide bonds. The van der Waals surface area contributed by atoms with Crippen molar-refractivity contribution < 1.29 is 35.9 Å². The molecule has 2 aromatic heterocycles. The monoisotopic (exact) mass is 731 g/mol. The van der Waals surface area contributed by atoms with Gasteiger partial charge in [-0.2, -0.15) is 0 Å². The van der Waals surface area contributed by atoms with Crippen LogP contribution in [0.1, 0.15) is 46.8 Å². The maximum Gasteiger partial charge on any atom is 0.410 e. The number of esters is 1. The number of sulfone groups is 2. The molecule has 0 bridgehead atoms. The van der Waals surface area contributed by atoms with Gasteiger partial charge in [-0.15, -0.1) is 0 Å². The molecule has 1 N–H and O–H groups in total. The van der Waals surface area contributed by atoms with Gasteiger partial charge in [0.15, 0.2) is 19.7 Å². The fraction of sp³-hybridized carbons (Fsp3) is 0.289. The summed E-state index contributed by atoms with van der Waals surface area (Å²) in [5, 5.41) is 0.650. The third-order valence-electron chi connectivity index (χ3n) is 8.43. The standard InChI is InChI=1S/C38H41N3O8S2/c1-4-48-37(42)29-13-14-35-34(24-29)33(36(40-35)30-22-31(50(2,44)45)25-32(23-30)51(3,46)47)17-21-41(20-9-8-10-27-15-18-39-19-16-27)38(43)49-26-28-11-6-5-7-12-28/h5-7,11-16,18-19,22-25,40H,4,8-10,17,20-21,26H2,1-3H3. The zero-order valence-corrected chi connectivity index (χ0v) is 30.4. The Balaban J connectivity index is 1.52. The topological polar surface area (TPSA) is 153 Å². The molecule has 0 fully saturated rings. The SMILES string of the molecule is CCOC(=O)c1ccc2[nH]c(-c3cc(S(C)(=O)=O)cc(S(C)(=O)=O)c3)c(CCN(CCCCc3ccncc3)C(=O)OCc3ccccc3)c2c1. The Bertz CT molecular complexity index is 2170. The van der Waals surface area contributed by atoms with Crippen LogP contribution in [0.2, 0.25) is 0 Å². The Hall–Kier alpha value is -5.01. The molecule has 51 heavy (non-hydrogen) atoms. The van der Waals surface area contributed by atoms with Crippen LogP contribution in [0.5, 0.6) is 0 Å². The van der Waals surface area contributed by atoms with E-state index in [9.17, 15) is 26.4 Å². The number of nitrogens with zero attached hydrogens (tertiary/aromatic N) is 2. The number of unbranched alkanes of at least 4 members (excludes halogenated alkanes) is 1. The van der Waals surface area contributed by atoms with Gasteiger partial charge in [0.05, 0.1) is 22.0 Å². The van der Waals surface area contributed by atoms with Gasteiger partial charge in [0, 0.05) is 60.2 Å². The second-order valence-corrected chi connectivity index (χ2v) is 16.3. The van der Waals surface area contributed by atoms with Crippen molar-refractivity contribution in [2.75, 3.05) is 32.2 Å². The van der Waals surface area contributed by atoms with Gasteiger partial charge in [-0.05, 0) is 97.8 Å². The Morgan fingerprint density at radius 1 is 0.765 bits per heavy atom. The fourth-order valence-corrected chi connectivity index (χ4v) is 7.21. The lowest BCUT2D eigenvalue weighted by Gasteiger charge is -2.23. The number of ether oxygens (including phenoxy) is 2. The minimum Gasteiger partial charge on any atom is -0.462 e. The van der Waals surface area contributed by atoms with Crippen LogP contribution in [0, 0.1) is 0 Å². The number of carbonyl (C=O) groups is 2. The van der Waals surface area contributed by atoms with Gasteiger partial charge in [-0.3, -0.25) is 4.98 Å². The zero-order chi connectivity index (χ0) is 36.6. The number of aromatic amines is 1. The molecular formula is C38H41N3O8S2. The van der Waals surface area contributed by atoms with Crippen molar-refractivity contribution in [1.29, 1.82) is 0 Å². The third kappa shape index (κ3) is 9.83. The molecular weight excluding hydrogens is 691 g/mol. The Morgan fingerprint density at radius 3 is 2.10 bits per heavy atom. The number of amides is 1. The van der Waals surface area contributed by atoms with E-state index in [1.807, 2.05) is 42.5 Å². The molecule has 13 heteroatoms. The van der Waals surface area contributed by atoms with E-state index in [0.29, 0.717) is 46.3 Å². The van der Waals surface area contributed by atoms with Crippen LogP contribution in [0.3, 0.4) is 0 Å².